The summed E-state index contributed by atoms with van der Waals surface area (Å²) in [6.45, 7) is 4.12. The van der Waals surface area contributed by atoms with Gasteiger partial charge in [-0.3, -0.25) is 0 Å². The van der Waals surface area contributed by atoms with Crippen LogP contribution in [0.2, 0.25) is 0 Å². The SMILES string of the molecule is CCC(C)C(N)c1nc(-c2ncccn2)no1. The number of nitrogens with two attached hydrogens (primary N) is 1. The minimum atomic E-state index is -0.245. The van der Waals surface area contributed by atoms with Crippen molar-refractivity contribution in [1.29, 1.82) is 0 Å². The molecule has 2 atom stereocenters. The van der Waals surface area contributed by atoms with Crippen molar-refractivity contribution in [3.63, 3.8) is 0 Å². The summed E-state index contributed by atoms with van der Waals surface area (Å²) < 4.78 is 5.14. The minimum Gasteiger partial charge on any atom is -0.337 e. The monoisotopic (exact) mass is 233 g/mol. The first kappa shape index (κ1) is 11.7. The molecule has 2 unspecified atom stereocenters. The lowest BCUT2D eigenvalue weighted by Crippen LogP contribution is -2.18. The number of hydrogen-bond donors (Lipinski definition) is 1. The summed E-state index contributed by atoms with van der Waals surface area (Å²) in [4.78, 5) is 12.3. The van der Waals surface area contributed by atoms with Crippen LogP contribution in [0.25, 0.3) is 11.6 Å². The van der Waals surface area contributed by atoms with Crippen LogP contribution in [0.1, 0.15) is 32.2 Å². The van der Waals surface area contributed by atoms with Crippen LogP contribution in [-0.4, -0.2) is 20.1 Å². The molecule has 2 aromatic rings. The van der Waals surface area contributed by atoms with Crippen LogP contribution in [0.3, 0.4) is 0 Å². The number of hydrogen-bond acceptors (Lipinski definition) is 6. The zero-order valence-electron chi connectivity index (χ0n) is 9.87. The lowest BCUT2D eigenvalue weighted by molar-refractivity contribution is 0.312. The van der Waals surface area contributed by atoms with Gasteiger partial charge in [0.2, 0.25) is 17.5 Å². The van der Waals surface area contributed by atoms with Gasteiger partial charge in [-0.1, -0.05) is 25.4 Å². The molecule has 0 radical (unpaired) electrons. The van der Waals surface area contributed by atoms with Crippen LogP contribution in [0.15, 0.2) is 23.0 Å². The maximum absolute atomic E-state index is 6.00. The van der Waals surface area contributed by atoms with Crippen molar-refractivity contribution in [3.05, 3.63) is 24.4 Å². The summed E-state index contributed by atoms with van der Waals surface area (Å²) in [6.07, 6.45) is 4.22. The highest BCUT2D eigenvalue weighted by Gasteiger charge is 2.21. The molecule has 0 fully saturated rings. The van der Waals surface area contributed by atoms with Gasteiger partial charge >= 0.3 is 0 Å². The summed E-state index contributed by atoms with van der Waals surface area (Å²) in [6, 6.07) is 1.49. The maximum atomic E-state index is 6.00. The molecular weight excluding hydrogens is 218 g/mol. The lowest BCUT2D eigenvalue weighted by Gasteiger charge is -2.12. The van der Waals surface area contributed by atoms with Gasteiger partial charge in [-0.15, -0.1) is 0 Å². The van der Waals surface area contributed by atoms with Gasteiger partial charge in [0.25, 0.3) is 0 Å². The Labute approximate surface area is 99.3 Å². The number of nitrogens with zero attached hydrogens (tertiary/aromatic N) is 4. The number of rotatable bonds is 4. The maximum Gasteiger partial charge on any atom is 0.244 e. The standard InChI is InChI=1S/C11H15N5O/c1-3-7(2)8(12)11-15-10(16-17-11)9-13-5-4-6-14-9/h4-8H,3,12H2,1-2H3. The normalized spacial score (nSPS) is 14.5. The zero-order chi connectivity index (χ0) is 12.3. The van der Waals surface area contributed by atoms with Gasteiger partial charge in [-0.2, -0.15) is 4.98 Å². The van der Waals surface area contributed by atoms with Gasteiger partial charge in [0.05, 0.1) is 6.04 Å². The van der Waals surface area contributed by atoms with E-state index in [0.29, 0.717) is 23.5 Å². The highest BCUT2D eigenvalue weighted by Crippen LogP contribution is 2.21. The molecule has 2 heterocycles. The highest BCUT2D eigenvalue weighted by atomic mass is 16.5. The van der Waals surface area contributed by atoms with Crippen molar-refractivity contribution < 1.29 is 4.52 Å². The molecule has 0 aliphatic heterocycles. The molecule has 0 amide bonds. The molecule has 2 N–H and O–H groups in total. The fraction of sp³-hybridized carbons (Fsp3) is 0.455. The van der Waals surface area contributed by atoms with Crippen LogP contribution in [0, 0.1) is 5.92 Å². The van der Waals surface area contributed by atoms with E-state index < -0.39 is 0 Å². The highest BCUT2D eigenvalue weighted by molar-refractivity contribution is 5.40. The summed E-state index contributed by atoms with van der Waals surface area (Å²) >= 11 is 0. The van der Waals surface area contributed by atoms with E-state index in [2.05, 4.69) is 27.0 Å². The largest absolute Gasteiger partial charge is 0.337 e. The van der Waals surface area contributed by atoms with Crippen LogP contribution in [-0.2, 0) is 0 Å². The molecule has 2 aromatic heterocycles. The Hall–Kier alpha value is -1.82. The molecule has 0 saturated carbocycles. The van der Waals surface area contributed by atoms with E-state index in [0.717, 1.165) is 6.42 Å². The van der Waals surface area contributed by atoms with Gasteiger partial charge in [0.1, 0.15) is 0 Å². The first-order chi connectivity index (χ1) is 8.22. The first-order valence-electron chi connectivity index (χ1n) is 5.59. The van der Waals surface area contributed by atoms with E-state index in [1.165, 1.54) is 0 Å². The topological polar surface area (TPSA) is 90.7 Å². The quantitative estimate of drug-likeness (QED) is 0.861. The third-order valence-corrected chi connectivity index (χ3v) is 2.75. The third kappa shape index (κ3) is 2.47. The second-order valence-corrected chi connectivity index (χ2v) is 3.94. The molecule has 6 nitrogen and oxygen atoms in total. The Morgan fingerprint density at radius 1 is 1.29 bits per heavy atom. The fourth-order valence-electron chi connectivity index (χ4n) is 1.37. The van der Waals surface area contributed by atoms with E-state index in [4.69, 9.17) is 10.3 Å². The Morgan fingerprint density at radius 3 is 2.65 bits per heavy atom. The van der Waals surface area contributed by atoms with Gasteiger partial charge in [0.15, 0.2) is 0 Å². The van der Waals surface area contributed by atoms with Crippen molar-refractivity contribution in [2.45, 2.75) is 26.3 Å². The molecule has 0 bridgehead atoms. The minimum absolute atomic E-state index is 0.245. The third-order valence-electron chi connectivity index (χ3n) is 2.75. The van der Waals surface area contributed by atoms with E-state index >= 15 is 0 Å². The summed E-state index contributed by atoms with van der Waals surface area (Å²) in [5.74, 6) is 1.54. The van der Waals surface area contributed by atoms with Crippen LogP contribution < -0.4 is 5.73 Å². The molecule has 90 valence electrons. The second kappa shape index (κ2) is 5.01. The second-order valence-electron chi connectivity index (χ2n) is 3.94. The summed E-state index contributed by atoms with van der Waals surface area (Å²) in [7, 11) is 0. The first-order valence-corrected chi connectivity index (χ1v) is 5.59. The van der Waals surface area contributed by atoms with Crippen molar-refractivity contribution in [1.82, 2.24) is 20.1 Å². The van der Waals surface area contributed by atoms with Gasteiger partial charge in [-0.25, -0.2) is 9.97 Å². The molecular formula is C11H15N5O. The van der Waals surface area contributed by atoms with Gasteiger partial charge in [-0.05, 0) is 12.0 Å². The molecule has 0 aliphatic carbocycles. The predicted octanol–water partition coefficient (Wildman–Crippen LogP) is 1.57. The van der Waals surface area contributed by atoms with Crippen molar-refractivity contribution in [3.8, 4) is 11.6 Å². The van der Waals surface area contributed by atoms with Gasteiger partial charge in [0, 0.05) is 12.4 Å². The van der Waals surface area contributed by atoms with Crippen molar-refractivity contribution in [2.75, 3.05) is 0 Å². The smallest absolute Gasteiger partial charge is 0.244 e. The Morgan fingerprint density at radius 2 is 2.00 bits per heavy atom. The Bertz CT molecular complexity index is 470. The van der Waals surface area contributed by atoms with E-state index in [1.54, 1.807) is 18.5 Å². The molecule has 0 aliphatic rings. The Kier molecular flexibility index (Phi) is 3.43. The van der Waals surface area contributed by atoms with Crippen molar-refractivity contribution >= 4 is 0 Å². The molecule has 2 rings (SSSR count). The molecule has 17 heavy (non-hydrogen) atoms. The molecule has 0 aromatic carbocycles. The van der Waals surface area contributed by atoms with Crippen LogP contribution >= 0.6 is 0 Å². The molecule has 6 heteroatoms. The average Bonchev–Trinajstić information content (AvgIpc) is 2.87. The van der Waals surface area contributed by atoms with E-state index in [1.807, 2.05) is 6.92 Å². The van der Waals surface area contributed by atoms with Crippen LogP contribution in [0.4, 0.5) is 0 Å². The van der Waals surface area contributed by atoms with Crippen molar-refractivity contribution in [2.24, 2.45) is 11.7 Å². The predicted molar refractivity (Wildman–Crippen MR) is 61.7 cm³/mol. The van der Waals surface area contributed by atoms with Crippen LogP contribution in [0.5, 0.6) is 0 Å². The zero-order valence-corrected chi connectivity index (χ0v) is 9.87. The van der Waals surface area contributed by atoms with E-state index in [9.17, 15) is 0 Å². The fourth-order valence-corrected chi connectivity index (χ4v) is 1.37. The molecule has 0 spiro atoms. The average molecular weight is 233 g/mol. The Balaban J connectivity index is 2.22. The van der Waals surface area contributed by atoms with Gasteiger partial charge < -0.3 is 10.3 Å². The van der Waals surface area contributed by atoms with E-state index in [-0.39, 0.29) is 6.04 Å². The number of aromatic nitrogens is 4. The summed E-state index contributed by atoms with van der Waals surface area (Å²) in [5.41, 5.74) is 6.00. The molecule has 0 saturated heterocycles. The lowest BCUT2D eigenvalue weighted by atomic mass is 10.0. The summed E-state index contributed by atoms with van der Waals surface area (Å²) in [5, 5.41) is 3.83.